The number of piperidine rings is 1. The molecule has 1 aromatic carbocycles. The minimum absolute atomic E-state index is 0.260. The van der Waals surface area contributed by atoms with Crippen molar-refractivity contribution in [1.82, 2.24) is 15.0 Å². The quantitative estimate of drug-likeness (QED) is 0.670. The van der Waals surface area contributed by atoms with E-state index in [9.17, 15) is 4.79 Å². The Kier molecular flexibility index (Phi) is 4.69. The van der Waals surface area contributed by atoms with Crippen molar-refractivity contribution in [1.29, 1.82) is 0 Å². The number of benzene rings is 1. The molecule has 0 atom stereocenters. The molecule has 31 heavy (non-hydrogen) atoms. The van der Waals surface area contributed by atoms with Crippen LogP contribution >= 0.6 is 0 Å². The summed E-state index contributed by atoms with van der Waals surface area (Å²) in [7, 11) is 0. The zero-order valence-corrected chi connectivity index (χ0v) is 18.6. The molecule has 5 aliphatic rings. The maximum atomic E-state index is 13.2. The van der Waals surface area contributed by atoms with Gasteiger partial charge in [-0.25, -0.2) is 0 Å². The van der Waals surface area contributed by atoms with Crippen molar-refractivity contribution in [2.45, 2.75) is 70.6 Å². The Morgan fingerprint density at radius 3 is 2.26 bits per heavy atom. The molecular weight excluding hydrogens is 386 g/mol. The standard InChI is InChI=1S/C26H33N3O2/c1-17-2-4-21(5-3-17)24-27-25(31-28-24)22-6-8-29(9-7-22)23(30)16-26-13-18-10-19(14-26)12-20(11-18)15-26/h2-5,18-20,22H,6-16H2,1H3. The largest absolute Gasteiger partial charge is 0.343 e. The van der Waals surface area contributed by atoms with Gasteiger partial charge in [0.25, 0.3) is 0 Å². The van der Waals surface area contributed by atoms with Gasteiger partial charge in [0.1, 0.15) is 0 Å². The molecule has 0 unspecified atom stereocenters. The van der Waals surface area contributed by atoms with Gasteiger partial charge in [-0.2, -0.15) is 4.98 Å². The van der Waals surface area contributed by atoms with E-state index in [2.05, 4.69) is 34.1 Å². The molecule has 1 saturated heterocycles. The number of hydrogen-bond donors (Lipinski definition) is 0. The summed E-state index contributed by atoms with van der Waals surface area (Å²) in [6, 6.07) is 8.21. The Hall–Kier alpha value is -2.17. The fourth-order valence-electron chi connectivity index (χ4n) is 7.54. The van der Waals surface area contributed by atoms with Crippen LogP contribution in [0.3, 0.4) is 0 Å². The van der Waals surface area contributed by atoms with Gasteiger partial charge in [0.05, 0.1) is 0 Å². The van der Waals surface area contributed by atoms with E-state index in [1.54, 1.807) is 0 Å². The molecule has 2 heterocycles. The third kappa shape index (κ3) is 3.70. The second-order valence-corrected chi connectivity index (χ2v) is 11.1. The number of aryl methyl sites for hydroxylation is 1. The normalized spacial score (nSPS) is 32.5. The van der Waals surface area contributed by atoms with E-state index in [1.807, 2.05) is 12.1 Å². The monoisotopic (exact) mass is 419 g/mol. The first-order chi connectivity index (χ1) is 15.1. The summed E-state index contributed by atoms with van der Waals surface area (Å²) in [6.45, 7) is 3.71. The van der Waals surface area contributed by atoms with Crippen LogP contribution in [0, 0.1) is 30.1 Å². The molecule has 1 aliphatic heterocycles. The Morgan fingerprint density at radius 2 is 1.65 bits per heavy atom. The maximum Gasteiger partial charge on any atom is 0.230 e. The molecule has 5 nitrogen and oxygen atoms in total. The zero-order valence-electron chi connectivity index (χ0n) is 18.6. The lowest BCUT2D eigenvalue weighted by atomic mass is 9.49. The van der Waals surface area contributed by atoms with Crippen molar-refractivity contribution in [3.05, 3.63) is 35.7 Å². The SMILES string of the molecule is Cc1ccc(-c2noc(C3CCN(C(=O)CC45CC6CC(CC(C6)C4)C5)CC3)n2)cc1. The van der Waals surface area contributed by atoms with Gasteiger partial charge in [0, 0.05) is 31.0 Å². The van der Waals surface area contributed by atoms with Crippen molar-refractivity contribution in [3.8, 4) is 11.4 Å². The van der Waals surface area contributed by atoms with Gasteiger partial charge in [-0.05, 0) is 81.5 Å². The van der Waals surface area contributed by atoms with Gasteiger partial charge in [-0.15, -0.1) is 0 Å². The maximum absolute atomic E-state index is 13.2. The molecule has 1 aromatic heterocycles. The van der Waals surface area contributed by atoms with E-state index in [0.29, 0.717) is 17.1 Å². The number of carbonyl (C=O) groups excluding carboxylic acids is 1. The second-order valence-electron chi connectivity index (χ2n) is 11.1. The lowest BCUT2D eigenvalue weighted by molar-refractivity contribution is -0.140. The van der Waals surface area contributed by atoms with Crippen LogP contribution in [-0.2, 0) is 4.79 Å². The van der Waals surface area contributed by atoms with Crippen LogP contribution in [0.2, 0.25) is 0 Å². The predicted molar refractivity (Wildman–Crippen MR) is 118 cm³/mol. The number of aromatic nitrogens is 2. The number of carbonyl (C=O) groups is 1. The Balaban J connectivity index is 1.06. The van der Waals surface area contributed by atoms with Gasteiger partial charge < -0.3 is 9.42 Å². The van der Waals surface area contributed by atoms with Crippen LogP contribution in [0.1, 0.15) is 75.2 Å². The fraction of sp³-hybridized carbons (Fsp3) is 0.654. The minimum Gasteiger partial charge on any atom is -0.343 e. The number of hydrogen-bond acceptors (Lipinski definition) is 4. The predicted octanol–water partition coefficient (Wildman–Crippen LogP) is 5.36. The summed E-state index contributed by atoms with van der Waals surface area (Å²) in [4.78, 5) is 20.0. The van der Waals surface area contributed by atoms with Crippen molar-refractivity contribution in [2.75, 3.05) is 13.1 Å². The fourth-order valence-corrected chi connectivity index (χ4v) is 7.54. The third-order valence-electron chi connectivity index (χ3n) is 8.64. The third-order valence-corrected chi connectivity index (χ3v) is 8.64. The molecule has 5 heteroatoms. The number of nitrogens with zero attached hydrogens (tertiary/aromatic N) is 3. The number of likely N-dealkylation sites (tertiary alicyclic amines) is 1. The summed E-state index contributed by atoms with van der Waals surface area (Å²) >= 11 is 0. The van der Waals surface area contributed by atoms with Gasteiger partial charge in [-0.3, -0.25) is 4.79 Å². The summed E-state index contributed by atoms with van der Waals surface area (Å²) in [5.74, 6) is 4.76. The smallest absolute Gasteiger partial charge is 0.230 e. The van der Waals surface area contributed by atoms with Crippen LogP contribution in [-0.4, -0.2) is 34.0 Å². The first-order valence-electron chi connectivity index (χ1n) is 12.2. The van der Waals surface area contributed by atoms with Crippen molar-refractivity contribution < 1.29 is 9.32 Å². The average Bonchev–Trinajstić information content (AvgIpc) is 3.23. The molecule has 1 amide bonds. The highest BCUT2D eigenvalue weighted by Gasteiger charge is 2.51. The average molecular weight is 420 g/mol. The number of rotatable bonds is 4. The summed E-state index contributed by atoms with van der Waals surface area (Å²) in [6.07, 6.45) is 10.9. The van der Waals surface area contributed by atoms with Crippen LogP contribution in [0.15, 0.2) is 28.8 Å². The minimum atomic E-state index is 0.260. The zero-order chi connectivity index (χ0) is 21.0. The molecule has 164 valence electrons. The Labute approximate surface area is 184 Å². The van der Waals surface area contributed by atoms with Crippen LogP contribution in [0.5, 0.6) is 0 Å². The van der Waals surface area contributed by atoms with Crippen LogP contribution < -0.4 is 0 Å². The van der Waals surface area contributed by atoms with Gasteiger partial charge in [0.15, 0.2) is 0 Å². The highest BCUT2D eigenvalue weighted by atomic mass is 16.5. The molecule has 2 aromatic rings. The molecule has 7 rings (SSSR count). The highest BCUT2D eigenvalue weighted by Crippen LogP contribution is 2.61. The molecule has 4 aliphatic carbocycles. The van der Waals surface area contributed by atoms with E-state index in [1.165, 1.54) is 44.1 Å². The van der Waals surface area contributed by atoms with Gasteiger partial charge in [-0.1, -0.05) is 35.0 Å². The Bertz CT molecular complexity index is 920. The van der Waals surface area contributed by atoms with Crippen molar-refractivity contribution >= 4 is 5.91 Å². The molecule has 0 radical (unpaired) electrons. The van der Waals surface area contributed by atoms with E-state index in [0.717, 1.165) is 61.6 Å². The lowest BCUT2D eigenvalue weighted by Crippen LogP contribution is -2.49. The molecular formula is C26H33N3O2. The molecule has 4 bridgehead atoms. The molecule has 4 saturated carbocycles. The topological polar surface area (TPSA) is 59.2 Å². The van der Waals surface area contributed by atoms with Crippen molar-refractivity contribution in [3.63, 3.8) is 0 Å². The van der Waals surface area contributed by atoms with Gasteiger partial charge in [0.2, 0.25) is 17.6 Å². The summed E-state index contributed by atoms with van der Waals surface area (Å²) in [5, 5.41) is 4.20. The number of amides is 1. The van der Waals surface area contributed by atoms with Gasteiger partial charge >= 0.3 is 0 Å². The van der Waals surface area contributed by atoms with Crippen LogP contribution in [0.25, 0.3) is 11.4 Å². The first kappa shape index (κ1) is 19.5. The molecule has 5 fully saturated rings. The van der Waals surface area contributed by atoms with E-state index in [-0.39, 0.29) is 5.92 Å². The van der Waals surface area contributed by atoms with E-state index in [4.69, 9.17) is 4.52 Å². The lowest BCUT2D eigenvalue weighted by Gasteiger charge is -2.57. The summed E-state index contributed by atoms with van der Waals surface area (Å²) < 4.78 is 5.61. The highest BCUT2D eigenvalue weighted by molar-refractivity contribution is 5.77. The van der Waals surface area contributed by atoms with E-state index < -0.39 is 0 Å². The second kappa shape index (κ2) is 7.46. The Morgan fingerprint density at radius 1 is 1.03 bits per heavy atom. The molecule has 0 N–H and O–H groups in total. The van der Waals surface area contributed by atoms with Crippen LogP contribution in [0.4, 0.5) is 0 Å². The molecule has 0 spiro atoms. The van der Waals surface area contributed by atoms with Crippen molar-refractivity contribution in [2.24, 2.45) is 23.2 Å². The first-order valence-corrected chi connectivity index (χ1v) is 12.2. The van der Waals surface area contributed by atoms with E-state index >= 15 is 0 Å². The summed E-state index contributed by atoms with van der Waals surface area (Å²) in [5.41, 5.74) is 2.54.